The van der Waals surface area contributed by atoms with Crippen molar-refractivity contribution < 1.29 is 0 Å². The van der Waals surface area contributed by atoms with Gasteiger partial charge in [-0.05, 0) is 12.8 Å². The lowest BCUT2D eigenvalue weighted by Gasteiger charge is -2.15. The zero-order valence-corrected chi connectivity index (χ0v) is 12.6. The number of aromatic nitrogens is 4. The molecule has 108 valence electrons. The van der Waals surface area contributed by atoms with Crippen LogP contribution in [0.15, 0.2) is 18.7 Å². The Morgan fingerprint density at radius 2 is 1.95 bits per heavy atom. The van der Waals surface area contributed by atoms with E-state index in [-0.39, 0.29) is 0 Å². The van der Waals surface area contributed by atoms with Gasteiger partial charge in [-0.2, -0.15) is 0 Å². The van der Waals surface area contributed by atoms with Crippen LogP contribution in [0.3, 0.4) is 0 Å². The minimum Gasteiger partial charge on any atom is -0.370 e. The van der Waals surface area contributed by atoms with Crippen LogP contribution in [0.25, 0.3) is 5.82 Å². The molecule has 5 nitrogen and oxygen atoms in total. The van der Waals surface area contributed by atoms with Crippen LogP contribution in [-0.2, 0) is 12.8 Å². The number of imidazole rings is 1. The largest absolute Gasteiger partial charge is 0.370 e. The highest BCUT2D eigenvalue weighted by Crippen LogP contribution is 2.22. The minimum atomic E-state index is 0.889. The second kappa shape index (κ2) is 7.03. The third kappa shape index (κ3) is 2.98. The first-order valence-electron chi connectivity index (χ1n) is 7.42. The van der Waals surface area contributed by atoms with Gasteiger partial charge >= 0.3 is 0 Å². The Kier molecular flexibility index (Phi) is 5.09. The normalized spacial score (nSPS) is 10.8. The van der Waals surface area contributed by atoms with Crippen molar-refractivity contribution in [3.8, 4) is 5.82 Å². The van der Waals surface area contributed by atoms with E-state index in [2.05, 4.69) is 45.6 Å². The van der Waals surface area contributed by atoms with Crippen molar-refractivity contribution in [1.29, 1.82) is 0 Å². The summed E-state index contributed by atoms with van der Waals surface area (Å²) in [5, 5.41) is 3.40. The van der Waals surface area contributed by atoms with Crippen molar-refractivity contribution in [3.05, 3.63) is 30.1 Å². The Labute approximate surface area is 120 Å². The van der Waals surface area contributed by atoms with E-state index in [4.69, 9.17) is 0 Å². The van der Waals surface area contributed by atoms with Crippen LogP contribution in [-0.4, -0.2) is 26.1 Å². The fraction of sp³-hybridized carbons (Fsp3) is 0.533. The van der Waals surface area contributed by atoms with E-state index in [9.17, 15) is 0 Å². The third-order valence-electron chi connectivity index (χ3n) is 3.23. The summed E-state index contributed by atoms with van der Waals surface area (Å²) < 4.78 is 2.07. The average Bonchev–Trinajstić information content (AvgIpc) is 2.94. The highest BCUT2D eigenvalue weighted by atomic mass is 15.1. The lowest BCUT2D eigenvalue weighted by Crippen LogP contribution is -2.12. The van der Waals surface area contributed by atoms with E-state index in [0.717, 1.165) is 49.7 Å². The van der Waals surface area contributed by atoms with Crippen molar-refractivity contribution in [2.75, 3.05) is 11.9 Å². The molecule has 0 saturated carbocycles. The average molecular weight is 273 g/mol. The van der Waals surface area contributed by atoms with Crippen molar-refractivity contribution in [1.82, 2.24) is 19.5 Å². The molecule has 5 heteroatoms. The summed E-state index contributed by atoms with van der Waals surface area (Å²) in [6, 6.07) is 0. The molecular formula is C15H23N5. The maximum atomic E-state index is 4.49. The molecule has 0 fully saturated rings. The molecule has 0 aliphatic rings. The van der Waals surface area contributed by atoms with Crippen molar-refractivity contribution >= 4 is 5.82 Å². The van der Waals surface area contributed by atoms with Crippen LogP contribution >= 0.6 is 0 Å². The molecular weight excluding hydrogens is 250 g/mol. The molecule has 20 heavy (non-hydrogen) atoms. The number of nitrogens with zero attached hydrogens (tertiary/aromatic N) is 4. The highest BCUT2D eigenvalue weighted by Gasteiger charge is 2.14. The quantitative estimate of drug-likeness (QED) is 0.842. The monoisotopic (exact) mass is 273 g/mol. The first-order valence-corrected chi connectivity index (χ1v) is 7.42. The van der Waals surface area contributed by atoms with E-state index in [1.807, 2.05) is 12.4 Å². The van der Waals surface area contributed by atoms with E-state index in [0.29, 0.717) is 0 Å². The van der Waals surface area contributed by atoms with Gasteiger partial charge in [0.25, 0.3) is 0 Å². The Morgan fingerprint density at radius 1 is 1.10 bits per heavy atom. The van der Waals surface area contributed by atoms with Gasteiger partial charge < -0.3 is 5.32 Å². The molecule has 2 heterocycles. The van der Waals surface area contributed by atoms with Crippen LogP contribution in [0.1, 0.15) is 45.0 Å². The molecule has 2 aromatic rings. The molecule has 0 saturated heterocycles. The van der Waals surface area contributed by atoms with E-state index < -0.39 is 0 Å². The molecule has 2 aromatic heterocycles. The van der Waals surface area contributed by atoms with Crippen molar-refractivity contribution in [3.63, 3.8) is 0 Å². The Hall–Kier alpha value is -1.91. The van der Waals surface area contributed by atoms with Gasteiger partial charge in [0.1, 0.15) is 23.8 Å². The second-order valence-corrected chi connectivity index (χ2v) is 4.77. The van der Waals surface area contributed by atoms with Crippen LogP contribution in [0.4, 0.5) is 5.82 Å². The van der Waals surface area contributed by atoms with Crippen LogP contribution in [0, 0.1) is 0 Å². The Balaban J connectivity index is 2.46. The van der Waals surface area contributed by atoms with Gasteiger partial charge in [-0.15, -0.1) is 0 Å². The molecule has 0 radical (unpaired) electrons. The summed E-state index contributed by atoms with van der Waals surface area (Å²) in [4.78, 5) is 13.3. The summed E-state index contributed by atoms with van der Waals surface area (Å²) in [5.74, 6) is 2.94. The summed E-state index contributed by atoms with van der Waals surface area (Å²) in [5.41, 5.74) is 1.18. The van der Waals surface area contributed by atoms with Crippen LogP contribution in [0.2, 0.25) is 0 Å². The summed E-state index contributed by atoms with van der Waals surface area (Å²) in [7, 11) is 0. The number of rotatable bonds is 7. The SMILES string of the molecule is CCCNc1ncnc(-n2ccnc2CC)c1CCC. The number of hydrogen-bond donors (Lipinski definition) is 1. The van der Waals surface area contributed by atoms with Crippen LogP contribution < -0.4 is 5.32 Å². The highest BCUT2D eigenvalue weighted by molar-refractivity contribution is 5.52. The maximum absolute atomic E-state index is 4.49. The molecule has 0 amide bonds. The predicted octanol–water partition coefficient (Wildman–Crippen LogP) is 3.00. The number of anilines is 1. The van der Waals surface area contributed by atoms with E-state index in [1.165, 1.54) is 5.56 Å². The second-order valence-electron chi connectivity index (χ2n) is 4.77. The number of hydrogen-bond acceptors (Lipinski definition) is 4. The van der Waals surface area contributed by atoms with E-state index in [1.54, 1.807) is 6.33 Å². The fourth-order valence-corrected chi connectivity index (χ4v) is 2.28. The van der Waals surface area contributed by atoms with Crippen LogP contribution in [0.5, 0.6) is 0 Å². The van der Waals surface area contributed by atoms with Gasteiger partial charge in [-0.3, -0.25) is 4.57 Å². The van der Waals surface area contributed by atoms with Gasteiger partial charge in [0.15, 0.2) is 0 Å². The summed E-state index contributed by atoms with van der Waals surface area (Å²) in [6.07, 6.45) is 9.43. The zero-order valence-electron chi connectivity index (χ0n) is 12.6. The van der Waals surface area contributed by atoms with Gasteiger partial charge in [0, 0.05) is 30.9 Å². The molecule has 0 atom stereocenters. The number of nitrogens with one attached hydrogen (secondary N) is 1. The van der Waals surface area contributed by atoms with Gasteiger partial charge in [0.2, 0.25) is 0 Å². The molecule has 0 unspecified atom stereocenters. The van der Waals surface area contributed by atoms with Gasteiger partial charge in [-0.25, -0.2) is 15.0 Å². The van der Waals surface area contributed by atoms with Crippen molar-refractivity contribution in [2.24, 2.45) is 0 Å². The standard InChI is InChI=1S/C15H23N5/c1-4-7-12-14(17-8-5-2)18-11-19-15(12)20-10-9-16-13(20)6-3/h9-11H,4-8H2,1-3H3,(H,17,18,19). The van der Waals surface area contributed by atoms with Crippen molar-refractivity contribution in [2.45, 2.75) is 46.5 Å². The molecule has 0 bridgehead atoms. The van der Waals surface area contributed by atoms with E-state index >= 15 is 0 Å². The summed E-state index contributed by atoms with van der Waals surface area (Å²) >= 11 is 0. The zero-order chi connectivity index (χ0) is 14.4. The number of aryl methyl sites for hydroxylation is 1. The lowest BCUT2D eigenvalue weighted by molar-refractivity contribution is 0.818. The molecule has 0 aliphatic heterocycles. The minimum absolute atomic E-state index is 0.889. The molecule has 0 aromatic carbocycles. The predicted molar refractivity (Wildman–Crippen MR) is 81.3 cm³/mol. The van der Waals surface area contributed by atoms with Gasteiger partial charge in [-0.1, -0.05) is 27.2 Å². The Bertz CT molecular complexity index is 547. The molecule has 0 aliphatic carbocycles. The topological polar surface area (TPSA) is 55.6 Å². The smallest absolute Gasteiger partial charge is 0.146 e. The van der Waals surface area contributed by atoms with Gasteiger partial charge in [0.05, 0.1) is 0 Å². The fourth-order valence-electron chi connectivity index (χ4n) is 2.28. The molecule has 0 spiro atoms. The third-order valence-corrected chi connectivity index (χ3v) is 3.23. The first kappa shape index (κ1) is 14.5. The molecule has 2 rings (SSSR count). The summed E-state index contributed by atoms with van der Waals surface area (Å²) in [6.45, 7) is 7.36. The Morgan fingerprint density at radius 3 is 2.65 bits per heavy atom. The maximum Gasteiger partial charge on any atom is 0.146 e. The molecule has 1 N–H and O–H groups in total. The lowest BCUT2D eigenvalue weighted by atomic mass is 10.1. The first-order chi connectivity index (χ1) is 9.81.